The van der Waals surface area contributed by atoms with Gasteiger partial charge in [0.25, 0.3) is 0 Å². The summed E-state index contributed by atoms with van der Waals surface area (Å²) in [4.78, 5) is 0. The van der Waals surface area contributed by atoms with E-state index in [0.717, 1.165) is 22.9 Å². The highest BCUT2D eigenvalue weighted by atomic mass is 16.5. The van der Waals surface area contributed by atoms with Crippen molar-refractivity contribution in [2.75, 3.05) is 10.6 Å². The van der Waals surface area contributed by atoms with Gasteiger partial charge in [0.05, 0.1) is 11.1 Å². The molecule has 0 fully saturated rings. The second-order valence-electron chi connectivity index (χ2n) is 8.86. The predicted molar refractivity (Wildman–Crippen MR) is 116 cm³/mol. The van der Waals surface area contributed by atoms with Crippen molar-refractivity contribution in [2.45, 2.75) is 52.6 Å². The molecule has 0 aromatic heterocycles. The summed E-state index contributed by atoms with van der Waals surface area (Å²) in [5.74, 6) is 1.68. The summed E-state index contributed by atoms with van der Waals surface area (Å²) in [6.45, 7) is 13.0. The van der Waals surface area contributed by atoms with E-state index in [1.165, 1.54) is 22.3 Å². The first kappa shape index (κ1) is 17.7. The lowest BCUT2D eigenvalue weighted by molar-refractivity contribution is 0.482. The molecule has 3 nitrogen and oxygen atoms in total. The van der Waals surface area contributed by atoms with Crippen molar-refractivity contribution in [3.8, 4) is 11.5 Å². The largest absolute Gasteiger partial charge is 0.457 e. The number of anilines is 2. The van der Waals surface area contributed by atoms with Gasteiger partial charge in [0, 0.05) is 34.6 Å². The number of fused-ring (bicyclic) bond motifs is 2. The van der Waals surface area contributed by atoms with Crippen molar-refractivity contribution < 1.29 is 4.74 Å². The zero-order valence-electron chi connectivity index (χ0n) is 17.0. The normalized spacial score (nSPS) is 18.9. The lowest BCUT2D eigenvalue weighted by atomic mass is 9.91. The molecular formula is C24H28N2O. The van der Waals surface area contributed by atoms with E-state index in [4.69, 9.17) is 4.74 Å². The minimum Gasteiger partial charge on any atom is -0.457 e. The molecule has 2 N–H and O–H groups in total. The number of ether oxygens (including phenoxy) is 1. The van der Waals surface area contributed by atoms with E-state index in [0.29, 0.717) is 0 Å². The highest BCUT2D eigenvalue weighted by Crippen LogP contribution is 2.39. The molecule has 2 aliphatic heterocycles. The molecule has 0 unspecified atom stereocenters. The Balaban J connectivity index is 1.63. The predicted octanol–water partition coefficient (Wildman–Crippen LogP) is 6.69. The number of hydrogen-bond donors (Lipinski definition) is 2. The molecular weight excluding hydrogens is 332 g/mol. The van der Waals surface area contributed by atoms with Gasteiger partial charge < -0.3 is 15.4 Å². The second kappa shape index (κ2) is 5.91. The number of rotatable bonds is 2. The van der Waals surface area contributed by atoms with Gasteiger partial charge in [0.15, 0.2) is 0 Å². The molecule has 0 amide bonds. The Kier molecular flexibility index (Phi) is 3.88. The van der Waals surface area contributed by atoms with Crippen molar-refractivity contribution in [1.82, 2.24) is 0 Å². The summed E-state index contributed by atoms with van der Waals surface area (Å²) < 4.78 is 6.20. The zero-order chi connectivity index (χ0) is 19.4. The van der Waals surface area contributed by atoms with Crippen LogP contribution in [0, 0.1) is 0 Å². The molecule has 0 atom stereocenters. The summed E-state index contributed by atoms with van der Waals surface area (Å²) in [6, 6.07) is 12.5. The van der Waals surface area contributed by atoms with E-state index in [9.17, 15) is 0 Å². The van der Waals surface area contributed by atoms with E-state index in [-0.39, 0.29) is 11.1 Å². The van der Waals surface area contributed by atoms with E-state index in [2.05, 4.69) is 88.6 Å². The van der Waals surface area contributed by atoms with Crippen molar-refractivity contribution in [1.29, 1.82) is 0 Å². The standard InChI is InChI=1S/C24H28N2O/c1-15-13-23(3,4)25-21-11-17(7-9-19(15)21)27-18-8-10-20-16(2)14-24(5,6)26-22(20)12-18/h7-14,25-26H,1-6H3. The average Bonchev–Trinajstić information content (AvgIpc) is 2.51. The van der Waals surface area contributed by atoms with Crippen LogP contribution in [0.4, 0.5) is 11.4 Å². The van der Waals surface area contributed by atoms with Crippen LogP contribution < -0.4 is 15.4 Å². The maximum absolute atomic E-state index is 6.20. The highest BCUT2D eigenvalue weighted by Gasteiger charge is 2.24. The van der Waals surface area contributed by atoms with Crippen LogP contribution in [-0.2, 0) is 0 Å². The van der Waals surface area contributed by atoms with Gasteiger partial charge in [-0.15, -0.1) is 0 Å². The van der Waals surface area contributed by atoms with Crippen LogP contribution in [0.25, 0.3) is 11.1 Å². The SMILES string of the molecule is CC1=CC(C)(C)Nc2cc(Oc3ccc4c(c3)NC(C)(C)C=C4C)ccc21. The van der Waals surface area contributed by atoms with Crippen LogP contribution in [0.15, 0.2) is 48.6 Å². The molecule has 2 aromatic rings. The molecule has 0 aliphatic carbocycles. The minimum absolute atomic E-state index is 0.0547. The van der Waals surface area contributed by atoms with Crippen molar-refractivity contribution in [3.05, 3.63) is 59.7 Å². The molecule has 3 heteroatoms. The molecule has 0 radical (unpaired) electrons. The van der Waals surface area contributed by atoms with E-state index >= 15 is 0 Å². The first-order valence-corrected chi connectivity index (χ1v) is 9.54. The first-order chi connectivity index (χ1) is 12.6. The van der Waals surface area contributed by atoms with Crippen LogP contribution in [-0.4, -0.2) is 11.1 Å². The Hall–Kier alpha value is -2.68. The fourth-order valence-corrected chi connectivity index (χ4v) is 4.21. The van der Waals surface area contributed by atoms with Crippen molar-refractivity contribution in [2.24, 2.45) is 0 Å². The molecule has 27 heavy (non-hydrogen) atoms. The lowest BCUT2D eigenvalue weighted by Gasteiger charge is -2.32. The smallest absolute Gasteiger partial charge is 0.129 e. The Bertz CT molecular complexity index is 900. The van der Waals surface area contributed by atoms with Crippen LogP contribution >= 0.6 is 0 Å². The molecule has 140 valence electrons. The summed E-state index contributed by atoms with van der Waals surface area (Å²) in [5.41, 5.74) is 7.18. The van der Waals surface area contributed by atoms with E-state index in [1.54, 1.807) is 0 Å². The van der Waals surface area contributed by atoms with Crippen LogP contribution in [0.1, 0.15) is 52.7 Å². The Morgan fingerprint density at radius 1 is 0.667 bits per heavy atom. The maximum atomic E-state index is 6.20. The van der Waals surface area contributed by atoms with Gasteiger partial charge in [-0.1, -0.05) is 12.2 Å². The van der Waals surface area contributed by atoms with Gasteiger partial charge in [-0.25, -0.2) is 0 Å². The van der Waals surface area contributed by atoms with Crippen molar-refractivity contribution >= 4 is 22.5 Å². The Morgan fingerprint density at radius 3 is 1.48 bits per heavy atom. The van der Waals surface area contributed by atoms with Gasteiger partial charge in [0.1, 0.15) is 11.5 Å². The van der Waals surface area contributed by atoms with Crippen LogP contribution in [0.3, 0.4) is 0 Å². The second-order valence-corrected chi connectivity index (χ2v) is 8.86. The number of allylic oxidation sites excluding steroid dienone is 2. The average molecular weight is 361 g/mol. The van der Waals surface area contributed by atoms with Gasteiger partial charge in [-0.05, 0) is 77.0 Å². The van der Waals surface area contributed by atoms with Crippen molar-refractivity contribution in [3.63, 3.8) is 0 Å². The first-order valence-electron chi connectivity index (χ1n) is 9.54. The fraction of sp³-hybridized carbons (Fsp3) is 0.333. The molecule has 0 spiro atoms. The molecule has 2 heterocycles. The summed E-state index contributed by atoms with van der Waals surface area (Å²) in [6.07, 6.45) is 4.53. The molecule has 4 rings (SSSR count). The van der Waals surface area contributed by atoms with Crippen LogP contribution in [0.2, 0.25) is 0 Å². The third kappa shape index (κ3) is 3.46. The molecule has 0 saturated heterocycles. The topological polar surface area (TPSA) is 33.3 Å². The third-order valence-electron chi connectivity index (χ3n) is 5.14. The highest BCUT2D eigenvalue weighted by molar-refractivity contribution is 5.82. The molecule has 2 aromatic carbocycles. The van der Waals surface area contributed by atoms with E-state index in [1.807, 2.05) is 12.1 Å². The monoisotopic (exact) mass is 360 g/mol. The molecule has 2 aliphatic rings. The van der Waals surface area contributed by atoms with Crippen LogP contribution in [0.5, 0.6) is 11.5 Å². The quantitative estimate of drug-likeness (QED) is 0.625. The van der Waals surface area contributed by atoms with E-state index < -0.39 is 0 Å². The Labute approximate surface area is 162 Å². The van der Waals surface area contributed by atoms with Gasteiger partial charge in [-0.2, -0.15) is 0 Å². The zero-order valence-corrected chi connectivity index (χ0v) is 17.0. The maximum Gasteiger partial charge on any atom is 0.129 e. The third-order valence-corrected chi connectivity index (χ3v) is 5.14. The summed E-state index contributed by atoms with van der Waals surface area (Å²) >= 11 is 0. The minimum atomic E-state index is -0.0547. The Morgan fingerprint density at radius 2 is 1.07 bits per heavy atom. The fourth-order valence-electron chi connectivity index (χ4n) is 4.21. The number of nitrogens with one attached hydrogen (secondary N) is 2. The lowest BCUT2D eigenvalue weighted by Crippen LogP contribution is -2.31. The number of hydrogen-bond acceptors (Lipinski definition) is 3. The molecule has 0 saturated carbocycles. The van der Waals surface area contributed by atoms with Gasteiger partial charge >= 0.3 is 0 Å². The summed E-state index contributed by atoms with van der Waals surface area (Å²) in [5, 5.41) is 7.17. The number of benzene rings is 2. The van der Waals surface area contributed by atoms with Gasteiger partial charge in [0.2, 0.25) is 0 Å². The van der Waals surface area contributed by atoms with Gasteiger partial charge in [-0.3, -0.25) is 0 Å². The molecule has 0 bridgehead atoms. The summed E-state index contributed by atoms with van der Waals surface area (Å²) in [7, 11) is 0.